The molecule has 3 aromatic rings. The van der Waals surface area contributed by atoms with E-state index >= 15 is 0 Å². The maximum absolute atomic E-state index is 12.7. The summed E-state index contributed by atoms with van der Waals surface area (Å²) < 4.78 is 38.7. The lowest BCUT2D eigenvalue weighted by Gasteiger charge is -2.36. The van der Waals surface area contributed by atoms with E-state index in [9.17, 15) is 23.2 Å². The summed E-state index contributed by atoms with van der Waals surface area (Å²) in [5.41, 5.74) is 1.17. The van der Waals surface area contributed by atoms with Crippen molar-refractivity contribution in [2.24, 2.45) is 0 Å². The van der Waals surface area contributed by atoms with E-state index in [0.717, 1.165) is 13.1 Å². The summed E-state index contributed by atoms with van der Waals surface area (Å²) >= 11 is 0. The number of benzene rings is 1. The average Bonchev–Trinajstić information content (AvgIpc) is 3.15. The van der Waals surface area contributed by atoms with Crippen molar-refractivity contribution in [1.29, 1.82) is 5.26 Å². The number of piperidine rings is 1. The normalized spacial score (nSPS) is 15.9. The Morgan fingerprint density at radius 1 is 1.18 bits per heavy atom. The fourth-order valence-electron chi connectivity index (χ4n) is 4.22. The van der Waals surface area contributed by atoms with Crippen molar-refractivity contribution < 1.29 is 13.2 Å². The molecule has 0 aliphatic carbocycles. The Hall–Kier alpha value is -3.36. The third kappa shape index (κ3) is 5.02. The Kier molecular flexibility index (Phi) is 6.40. The highest BCUT2D eigenvalue weighted by molar-refractivity contribution is 5.91. The zero-order valence-electron chi connectivity index (χ0n) is 17.8. The number of aromatic amines is 1. The smallest absolute Gasteiger partial charge is 0.338 e. The molecule has 1 fully saturated rings. The molecule has 33 heavy (non-hydrogen) atoms. The topological polar surface area (TPSA) is 111 Å². The summed E-state index contributed by atoms with van der Waals surface area (Å²) in [6.45, 7) is 0.526. The Labute approximate surface area is 187 Å². The molecule has 0 bridgehead atoms. The van der Waals surface area contributed by atoms with Gasteiger partial charge >= 0.3 is 6.18 Å². The van der Waals surface area contributed by atoms with E-state index in [1.54, 1.807) is 41.2 Å². The number of nitriles is 1. The van der Waals surface area contributed by atoms with Crippen molar-refractivity contribution in [2.45, 2.75) is 37.5 Å². The van der Waals surface area contributed by atoms with Gasteiger partial charge in [-0.1, -0.05) is 12.1 Å². The van der Waals surface area contributed by atoms with Crippen LogP contribution in [0, 0.1) is 11.3 Å². The van der Waals surface area contributed by atoms with Gasteiger partial charge in [0.2, 0.25) is 0 Å². The number of anilines is 2. The third-order valence-electron chi connectivity index (χ3n) is 5.87. The van der Waals surface area contributed by atoms with Crippen molar-refractivity contribution >= 4 is 22.4 Å². The van der Waals surface area contributed by atoms with Gasteiger partial charge in [0.25, 0.3) is 5.56 Å². The number of aromatic nitrogens is 3. The van der Waals surface area contributed by atoms with Gasteiger partial charge in [0.15, 0.2) is 5.82 Å². The van der Waals surface area contributed by atoms with Crippen LogP contribution in [0.25, 0.3) is 10.9 Å². The van der Waals surface area contributed by atoms with Gasteiger partial charge in [0, 0.05) is 18.4 Å². The van der Waals surface area contributed by atoms with Gasteiger partial charge in [-0.15, -0.1) is 0 Å². The van der Waals surface area contributed by atoms with Gasteiger partial charge in [-0.05, 0) is 49.7 Å². The zero-order valence-corrected chi connectivity index (χ0v) is 17.8. The van der Waals surface area contributed by atoms with Crippen LogP contribution in [0.15, 0.2) is 41.3 Å². The maximum atomic E-state index is 12.7. The molecule has 4 N–H and O–H groups in total. The molecular formula is C22H24F3N7O. The molecule has 0 unspecified atom stereocenters. The van der Waals surface area contributed by atoms with Gasteiger partial charge in [-0.3, -0.25) is 9.48 Å². The largest absolute Gasteiger partial charge is 0.401 e. The molecule has 1 saturated heterocycles. The van der Waals surface area contributed by atoms with Crippen LogP contribution < -0.4 is 21.5 Å². The second kappa shape index (κ2) is 9.25. The molecule has 1 aliphatic rings. The number of nitrogens with zero attached hydrogens (tertiary/aromatic N) is 3. The molecule has 1 aliphatic heterocycles. The van der Waals surface area contributed by atoms with Crippen molar-refractivity contribution in [3.63, 3.8) is 0 Å². The molecule has 0 radical (unpaired) electrons. The van der Waals surface area contributed by atoms with E-state index in [-0.39, 0.29) is 18.5 Å². The average molecular weight is 459 g/mol. The molecule has 0 atom stereocenters. The number of nitrogens with one attached hydrogen (secondary N) is 4. The molecule has 1 aromatic carbocycles. The lowest BCUT2D eigenvalue weighted by atomic mass is 9.85. The predicted octanol–water partition coefficient (Wildman–Crippen LogP) is 3.11. The van der Waals surface area contributed by atoms with Gasteiger partial charge in [-0.25, -0.2) is 0 Å². The summed E-state index contributed by atoms with van der Waals surface area (Å²) in [4.78, 5) is 15.4. The third-order valence-corrected chi connectivity index (χ3v) is 5.87. The summed E-state index contributed by atoms with van der Waals surface area (Å²) in [6, 6.07) is 10.9. The van der Waals surface area contributed by atoms with Crippen LogP contribution in [-0.2, 0) is 12.1 Å². The molecule has 3 heterocycles. The van der Waals surface area contributed by atoms with Gasteiger partial charge < -0.3 is 20.9 Å². The van der Waals surface area contributed by atoms with Crippen LogP contribution in [0.4, 0.5) is 24.7 Å². The first-order chi connectivity index (χ1) is 15.8. The SMILES string of the molecule is N#CCC1(n2nc(Nc3ccc(CNCC(F)(F)F)cc3)c3c(=O)[nH]ccc32)CCNCC1. The van der Waals surface area contributed by atoms with Crippen molar-refractivity contribution in [2.75, 3.05) is 25.0 Å². The van der Waals surface area contributed by atoms with Gasteiger partial charge in [-0.2, -0.15) is 23.5 Å². The van der Waals surface area contributed by atoms with Crippen molar-refractivity contribution in [3.8, 4) is 6.07 Å². The Bertz CT molecular complexity index is 1200. The van der Waals surface area contributed by atoms with Gasteiger partial charge in [0.05, 0.1) is 30.1 Å². The summed E-state index contributed by atoms with van der Waals surface area (Å²) in [5.74, 6) is 0.366. The minimum Gasteiger partial charge on any atom is -0.338 e. The van der Waals surface area contributed by atoms with Crippen LogP contribution >= 0.6 is 0 Å². The zero-order chi connectivity index (χ0) is 23.5. The number of rotatable bonds is 7. The molecule has 0 spiro atoms. The minimum atomic E-state index is -4.26. The van der Waals surface area contributed by atoms with Crippen LogP contribution in [0.1, 0.15) is 24.8 Å². The number of pyridine rings is 1. The first kappa shape index (κ1) is 22.8. The summed E-state index contributed by atoms with van der Waals surface area (Å²) in [7, 11) is 0. The highest BCUT2D eigenvalue weighted by atomic mass is 19.4. The van der Waals surface area contributed by atoms with Gasteiger partial charge in [0.1, 0.15) is 5.39 Å². The number of alkyl halides is 3. The fraction of sp³-hybridized carbons (Fsp3) is 0.409. The molecule has 0 saturated carbocycles. The maximum Gasteiger partial charge on any atom is 0.401 e. The highest BCUT2D eigenvalue weighted by Crippen LogP contribution is 2.35. The van der Waals surface area contributed by atoms with Crippen LogP contribution in [0.3, 0.4) is 0 Å². The number of H-pyrrole nitrogens is 1. The van der Waals surface area contributed by atoms with Crippen molar-refractivity contribution in [3.05, 3.63) is 52.4 Å². The van der Waals surface area contributed by atoms with Crippen LogP contribution in [-0.4, -0.2) is 40.6 Å². The number of halogens is 3. The van der Waals surface area contributed by atoms with Crippen LogP contribution in [0.5, 0.6) is 0 Å². The lowest BCUT2D eigenvalue weighted by molar-refractivity contribution is -0.125. The van der Waals surface area contributed by atoms with E-state index in [4.69, 9.17) is 5.10 Å². The second-order valence-corrected chi connectivity index (χ2v) is 8.18. The molecule has 8 nitrogen and oxygen atoms in total. The number of hydrogen-bond donors (Lipinski definition) is 4. The van der Waals surface area contributed by atoms with Crippen LogP contribution in [0.2, 0.25) is 0 Å². The molecule has 174 valence electrons. The summed E-state index contributed by atoms with van der Waals surface area (Å²) in [6.07, 6.45) is -0.994. The van der Waals surface area contributed by atoms with E-state index in [1.807, 2.05) is 0 Å². The molecular weight excluding hydrogens is 435 g/mol. The molecule has 0 amide bonds. The minimum absolute atomic E-state index is 0.0851. The highest BCUT2D eigenvalue weighted by Gasteiger charge is 2.37. The monoisotopic (exact) mass is 459 g/mol. The number of fused-ring (bicyclic) bond motifs is 1. The lowest BCUT2D eigenvalue weighted by Crippen LogP contribution is -2.44. The first-order valence-corrected chi connectivity index (χ1v) is 10.6. The fourth-order valence-corrected chi connectivity index (χ4v) is 4.22. The Balaban J connectivity index is 1.62. The van der Waals surface area contributed by atoms with E-state index < -0.39 is 18.3 Å². The second-order valence-electron chi connectivity index (χ2n) is 8.18. The number of hydrogen-bond acceptors (Lipinski definition) is 6. The van der Waals surface area contributed by atoms with E-state index in [2.05, 4.69) is 27.0 Å². The predicted molar refractivity (Wildman–Crippen MR) is 118 cm³/mol. The van der Waals surface area contributed by atoms with Crippen molar-refractivity contribution in [1.82, 2.24) is 25.4 Å². The Morgan fingerprint density at radius 2 is 1.91 bits per heavy atom. The Morgan fingerprint density at radius 3 is 2.58 bits per heavy atom. The van der Waals surface area contributed by atoms with E-state index in [1.165, 1.54) is 0 Å². The standard InChI is InChI=1S/C22H24F3N7O/c23-22(24,25)14-28-13-15-1-3-16(4-2-15)30-19-18-17(5-10-29-20(18)33)32(31-19)21(6-9-26)7-11-27-12-8-21/h1-5,10,27-28H,6-8,11-14H2,(H,29,33)(H,30,31). The summed E-state index contributed by atoms with van der Waals surface area (Å²) in [5, 5.41) is 23.4. The molecule has 4 rings (SSSR count). The first-order valence-electron chi connectivity index (χ1n) is 10.6. The van der Waals surface area contributed by atoms with E-state index in [0.29, 0.717) is 40.8 Å². The molecule has 11 heteroatoms. The molecule has 2 aromatic heterocycles. The quantitative estimate of drug-likeness (QED) is 0.432.